The lowest BCUT2D eigenvalue weighted by Crippen LogP contribution is -2.28. The zero-order valence-corrected chi connectivity index (χ0v) is 14.3. The molecule has 0 spiro atoms. The Morgan fingerprint density at radius 3 is 2.83 bits per heavy atom. The zero-order chi connectivity index (χ0) is 16.7. The van der Waals surface area contributed by atoms with Crippen LogP contribution >= 0.6 is 23.4 Å². The molecule has 0 unspecified atom stereocenters. The molecule has 0 aliphatic carbocycles. The second-order valence-corrected chi connectivity index (χ2v) is 6.57. The largest absolute Gasteiger partial charge is 0.349 e. The van der Waals surface area contributed by atoms with E-state index in [0.29, 0.717) is 22.1 Å². The molecule has 23 heavy (non-hydrogen) atoms. The van der Waals surface area contributed by atoms with Gasteiger partial charge < -0.3 is 5.32 Å². The van der Waals surface area contributed by atoms with Crippen molar-refractivity contribution in [3.63, 3.8) is 0 Å². The normalized spacial score (nSPS) is 11.5. The number of nitrogens with zero attached hydrogens (tertiary/aromatic N) is 1. The monoisotopic (exact) mass is 344 g/mol. The van der Waals surface area contributed by atoms with Gasteiger partial charge in [0.1, 0.15) is 0 Å². The maximum atomic E-state index is 12.0. The molecule has 0 saturated carbocycles. The van der Waals surface area contributed by atoms with E-state index in [-0.39, 0.29) is 11.9 Å². The minimum atomic E-state index is -0.0799. The van der Waals surface area contributed by atoms with Crippen molar-refractivity contribution in [2.75, 3.05) is 5.75 Å². The topological polar surface area (TPSA) is 52.9 Å². The number of hydrogen-bond acceptors (Lipinski definition) is 3. The fraction of sp³-hybridized carbons (Fsp3) is 0.222. The number of rotatable bonds is 6. The molecule has 1 N–H and O–H groups in total. The summed E-state index contributed by atoms with van der Waals surface area (Å²) in [4.78, 5) is 12.0. The van der Waals surface area contributed by atoms with Crippen molar-refractivity contribution in [1.29, 1.82) is 5.26 Å². The Balaban J connectivity index is 1.80. The number of benzene rings is 2. The lowest BCUT2D eigenvalue weighted by atomic mass is 10.1. The Kier molecular flexibility index (Phi) is 6.52. The molecule has 0 aliphatic rings. The highest BCUT2D eigenvalue weighted by Gasteiger charge is 2.10. The summed E-state index contributed by atoms with van der Waals surface area (Å²) in [5.41, 5.74) is 2.67. The van der Waals surface area contributed by atoms with Crippen LogP contribution in [0.4, 0.5) is 0 Å². The van der Waals surface area contributed by atoms with E-state index in [4.69, 9.17) is 16.9 Å². The van der Waals surface area contributed by atoms with Crippen molar-refractivity contribution in [2.24, 2.45) is 0 Å². The van der Waals surface area contributed by atoms with Crippen molar-refractivity contribution in [2.45, 2.75) is 18.7 Å². The number of thioether (sulfide) groups is 1. The first-order chi connectivity index (χ1) is 11.1. The molecule has 1 atom stereocenters. The Bertz CT molecular complexity index is 727. The highest BCUT2D eigenvalue weighted by Crippen LogP contribution is 2.18. The maximum absolute atomic E-state index is 12.0. The van der Waals surface area contributed by atoms with Crippen LogP contribution in [0, 0.1) is 11.3 Å². The molecule has 0 radical (unpaired) electrons. The summed E-state index contributed by atoms with van der Waals surface area (Å²) in [6.45, 7) is 1.94. The van der Waals surface area contributed by atoms with Crippen molar-refractivity contribution in [3.05, 3.63) is 70.2 Å². The summed E-state index contributed by atoms with van der Waals surface area (Å²) in [6, 6.07) is 16.9. The smallest absolute Gasteiger partial charge is 0.230 e. The van der Waals surface area contributed by atoms with Gasteiger partial charge >= 0.3 is 0 Å². The van der Waals surface area contributed by atoms with E-state index < -0.39 is 0 Å². The van der Waals surface area contributed by atoms with E-state index in [1.54, 1.807) is 6.07 Å². The van der Waals surface area contributed by atoms with E-state index in [0.717, 1.165) is 11.1 Å². The van der Waals surface area contributed by atoms with Gasteiger partial charge in [0, 0.05) is 10.8 Å². The number of carbonyl (C=O) groups is 1. The molecular formula is C18H17ClN2OS. The third-order valence-electron chi connectivity index (χ3n) is 3.28. The molecule has 118 valence electrons. The first-order valence-corrected chi connectivity index (χ1v) is 8.73. The fourth-order valence-electron chi connectivity index (χ4n) is 2.13. The molecule has 3 nitrogen and oxygen atoms in total. The van der Waals surface area contributed by atoms with E-state index in [2.05, 4.69) is 11.4 Å². The van der Waals surface area contributed by atoms with E-state index in [9.17, 15) is 4.79 Å². The number of amides is 1. The Morgan fingerprint density at radius 1 is 1.30 bits per heavy atom. The van der Waals surface area contributed by atoms with Gasteiger partial charge in [0.15, 0.2) is 0 Å². The van der Waals surface area contributed by atoms with Gasteiger partial charge in [0.25, 0.3) is 0 Å². The second kappa shape index (κ2) is 8.61. The van der Waals surface area contributed by atoms with Crippen LogP contribution < -0.4 is 5.32 Å². The van der Waals surface area contributed by atoms with Crippen LogP contribution in [0.1, 0.15) is 29.7 Å². The van der Waals surface area contributed by atoms with Gasteiger partial charge in [-0.2, -0.15) is 5.26 Å². The molecule has 2 rings (SSSR count). The maximum Gasteiger partial charge on any atom is 0.230 e. The lowest BCUT2D eigenvalue weighted by molar-refractivity contribution is -0.119. The van der Waals surface area contributed by atoms with Gasteiger partial charge in [-0.1, -0.05) is 35.9 Å². The molecule has 0 bridgehead atoms. The van der Waals surface area contributed by atoms with Crippen LogP contribution in [-0.4, -0.2) is 11.7 Å². The summed E-state index contributed by atoms with van der Waals surface area (Å²) in [5.74, 6) is 1.06. The Morgan fingerprint density at radius 2 is 2.09 bits per heavy atom. The molecule has 0 fully saturated rings. The van der Waals surface area contributed by atoms with Gasteiger partial charge in [-0.3, -0.25) is 4.79 Å². The van der Waals surface area contributed by atoms with Crippen molar-refractivity contribution < 1.29 is 4.79 Å². The van der Waals surface area contributed by atoms with Crippen LogP contribution in [-0.2, 0) is 10.5 Å². The van der Waals surface area contributed by atoms with Crippen molar-refractivity contribution >= 4 is 29.3 Å². The number of nitrogens with one attached hydrogen (secondary N) is 1. The summed E-state index contributed by atoms with van der Waals surface area (Å²) < 4.78 is 0. The predicted octanol–water partition coefficient (Wildman–Crippen LogP) is 4.32. The standard InChI is InChI=1S/C18H17ClN2OS/c1-13(16-6-3-7-17(19)9-16)21-18(22)12-23-11-15-5-2-4-14(8-15)10-20/h2-9,13H,11-12H2,1H3,(H,21,22)/t13-/m1/s1. The molecule has 0 saturated heterocycles. The molecule has 5 heteroatoms. The van der Waals surface area contributed by atoms with Crippen molar-refractivity contribution in [1.82, 2.24) is 5.32 Å². The Hall–Kier alpha value is -1.96. The van der Waals surface area contributed by atoms with Crippen LogP contribution in [0.2, 0.25) is 5.02 Å². The van der Waals surface area contributed by atoms with Crippen LogP contribution in [0.25, 0.3) is 0 Å². The molecule has 2 aromatic rings. The van der Waals surface area contributed by atoms with Crippen LogP contribution in [0.5, 0.6) is 0 Å². The summed E-state index contributed by atoms with van der Waals surface area (Å²) >= 11 is 7.49. The van der Waals surface area contributed by atoms with Crippen LogP contribution in [0.15, 0.2) is 48.5 Å². The summed E-state index contributed by atoms with van der Waals surface area (Å²) in [6.07, 6.45) is 0. The average Bonchev–Trinajstić information content (AvgIpc) is 2.55. The highest BCUT2D eigenvalue weighted by molar-refractivity contribution is 7.99. The fourth-order valence-corrected chi connectivity index (χ4v) is 3.12. The molecular weight excluding hydrogens is 328 g/mol. The SMILES string of the molecule is C[C@@H](NC(=O)CSCc1cccc(C#N)c1)c1cccc(Cl)c1. The van der Waals surface area contributed by atoms with Crippen molar-refractivity contribution in [3.8, 4) is 6.07 Å². The lowest BCUT2D eigenvalue weighted by Gasteiger charge is -2.14. The van der Waals surface area contributed by atoms with Gasteiger partial charge in [-0.05, 0) is 42.3 Å². The zero-order valence-electron chi connectivity index (χ0n) is 12.8. The minimum Gasteiger partial charge on any atom is -0.349 e. The summed E-state index contributed by atoms with van der Waals surface area (Å²) in [5, 5.41) is 12.5. The number of hydrogen-bond donors (Lipinski definition) is 1. The van der Waals surface area contributed by atoms with Gasteiger partial charge in [0.2, 0.25) is 5.91 Å². The quantitative estimate of drug-likeness (QED) is 0.848. The first-order valence-electron chi connectivity index (χ1n) is 7.20. The van der Waals surface area contributed by atoms with Gasteiger partial charge in [0.05, 0.1) is 23.4 Å². The molecule has 0 aromatic heterocycles. The number of halogens is 1. The van der Waals surface area contributed by atoms with Gasteiger partial charge in [-0.25, -0.2) is 0 Å². The second-order valence-electron chi connectivity index (χ2n) is 5.15. The Labute approximate surface area is 145 Å². The van der Waals surface area contributed by atoms with E-state index in [1.165, 1.54) is 11.8 Å². The molecule has 1 amide bonds. The molecule has 2 aromatic carbocycles. The molecule has 0 heterocycles. The third kappa shape index (κ3) is 5.63. The average molecular weight is 345 g/mol. The third-order valence-corrected chi connectivity index (χ3v) is 4.52. The van der Waals surface area contributed by atoms with E-state index in [1.807, 2.05) is 49.4 Å². The highest BCUT2D eigenvalue weighted by atomic mass is 35.5. The first kappa shape index (κ1) is 17.4. The minimum absolute atomic E-state index is 0.0149. The van der Waals surface area contributed by atoms with Crippen LogP contribution in [0.3, 0.4) is 0 Å². The van der Waals surface area contributed by atoms with Gasteiger partial charge in [-0.15, -0.1) is 11.8 Å². The number of carbonyl (C=O) groups excluding carboxylic acids is 1. The summed E-state index contributed by atoms with van der Waals surface area (Å²) in [7, 11) is 0. The number of nitriles is 1. The molecule has 0 aliphatic heterocycles. The predicted molar refractivity (Wildman–Crippen MR) is 95.3 cm³/mol. The van der Waals surface area contributed by atoms with E-state index >= 15 is 0 Å².